The molecule has 2 unspecified atom stereocenters. The fourth-order valence-corrected chi connectivity index (χ4v) is 2.72. The van der Waals surface area contributed by atoms with Crippen LogP contribution in [-0.4, -0.2) is 18.5 Å². The van der Waals surface area contributed by atoms with E-state index in [-0.39, 0.29) is 11.3 Å². The predicted octanol–water partition coefficient (Wildman–Crippen LogP) is 1.42. The molecule has 2 fully saturated rings. The topological polar surface area (TPSA) is 55.1 Å². The molecule has 0 aliphatic heterocycles. The van der Waals surface area contributed by atoms with Crippen LogP contribution in [0.5, 0.6) is 0 Å². The number of nitrogens with two attached hydrogens (primary N) is 1. The molecule has 0 aromatic rings. The zero-order valence-electron chi connectivity index (χ0n) is 9.59. The van der Waals surface area contributed by atoms with Crippen molar-refractivity contribution in [1.29, 1.82) is 0 Å². The van der Waals surface area contributed by atoms with Crippen molar-refractivity contribution in [2.45, 2.75) is 51.5 Å². The quantitative estimate of drug-likeness (QED) is 0.737. The number of hydrogen-bond donors (Lipinski definition) is 2. The Bertz CT molecular complexity index is 248. The second-order valence-electron chi connectivity index (χ2n) is 5.14. The molecular formula is C12H22N2O. The highest BCUT2D eigenvalue weighted by molar-refractivity contribution is 5.85. The average Bonchev–Trinajstić information content (AvgIpc) is 2.94. The molecule has 0 aromatic heterocycles. The van der Waals surface area contributed by atoms with Gasteiger partial charge in [0.05, 0.1) is 0 Å². The van der Waals surface area contributed by atoms with Crippen molar-refractivity contribution in [3.05, 3.63) is 0 Å². The summed E-state index contributed by atoms with van der Waals surface area (Å²) in [6, 6.07) is 0.353. The van der Waals surface area contributed by atoms with Crippen molar-refractivity contribution >= 4 is 5.91 Å². The van der Waals surface area contributed by atoms with Crippen LogP contribution in [-0.2, 0) is 4.79 Å². The molecule has 0 heterocycles. The van der Waals surface area contributed by atoms with Gasteiger partial charge in [-0.25, -0.2) is 0 Å². The van der Waals surface area contributed by atoms with E-state index >= 15 is 0 Å². The Labute approximate surface area is 91.8 Å². The van der Waals surface area contributed by atoms with Crippen molar-refractivity contribution in [3.63, 3.8) is 0 Å². The van der Waals surface area contributed by atoms with Gasteiger partial charge in [0.2, 0.25) is 5.91 Å². The molecule has 0 radical (unpaired) electrons. The van der Waals surface area contributed by atoms with Crippen LogP contribution in [0.2, 0.25) is 0 Å². The molecule has 15 heavy (non-hydrogen) atoms. The minimum absolute atomic E-state index is 0.00172. The summed E-state index contributed by atoms with van der Waals surface area (Å²) in [5.41, 5.74) is 5.71. The highest BCUT2D eigenvalue weighted by Gasteiger charge is 2.48. The molecule has 0 spiro atoms. The van der Waals surface area contributed by atoms with E-state index in [2.05, 4.69) is 12.2 Å². The van der Waals surface area contributed by atoms with Gasteiger partial charge >= 0.3 is 0 Å². The van der Waals surface area contributed by atoms with Gasteiger partial charge in [-0.05, 0) is 44.6 Å². The third-order valence-electron chi connectivity index (χ3n) is 4.29. The molecule has 0 aromatic carbocycles. The Morgan fingerprint density at radius 3 is 2.73 bits per heavy atom. The van der Waals surface area contributed by atoms with Crippen molar-refractivity contribution in [2.75, 3.05) is 6.54 Å². The first kappa shape index (κ1) is 10.9. The van der Waals surface area contributed by atoms with Gasteiger partial charge in [-0.15, -0.1) is 0 Å². The molecule has 2 atom stereocenters. The highest BCUT2D eigenvalue weighted by atomic mass is 16.2. The molecule has 2 aliphatic rings. The zero-order chi connectivity index (χ0) is 10.9. The summed E-state index contributed by atoms with van der Waals surface area (Å²) in [7, 11) is 0. The first-order chi connectivity index (χ1) is 7.22. The monoisotopic (exact) mass is 210 g/mol. The molecule has 3 heteroatoms. The van der Waals surface area contributed by atoms with Crippen LogP contribution >= 0.6 is 0 Å². The molecule has 0 saturated heterocycles. The highest BCUT2D eigenvalue weighted by Crippen LogP contribution is 2.49. The van der Waals surface area contributed by atoms with E-state index < -0.39 is 0 Å². The second-order valence-corrected chi connectivity index (χ2v) is 5.14. The zero-order valence-corrected chi connectivity index (χ0v) is 9.59. The van der Waals surface area contributed by atoms with Gasteiger partial charge in [0.25, 0.3) is 0 Å². The molecular weight excluding hydrogens is 188 g/mol. The van der Waals surface area contributed by atoms with E-state index in [0.29, 0.717) is 18.5 Å². The van der Waals surface area contributed by atoms with Crippen LogP contribution in [0.1, 0.15) is 45.4 Å². The summed E-state index contributed by atoms with van der Waals surface area (Å²) >= 11 is 0. The van der Waals surface area contributed by atoms with Gasteiger partial charge in [-0.2, -0.15) is 0 Å². The lowest BCUT2D eigenvalue weighted by atomic mass is 9.99. The predicted molar refractivity (Wildman–Crippen MR) is 60.3 cm³/mol. The van der Waals surface area contributed by atoms with Crippen LogP contribution in [0.25, 0.3) is 0 Å². The summed E-state index contributed by atoms with van der Waals surface area (Å²) in [5.74, 6) is 0.803. The smallest absolute Gasteiger partial charge is 0.226 e. The second kappa shape index (κ2) is 4.12. The summed E-state index contributed by atoms with van der Waals surface area (Å²) in [4.78, 5) is 12.0. The average molecular weight is 210 g/mol. The number of carbonyl (C=O) groups excluding carboxylic acids is 1. The van der Waals surface area contributed by atoms with Crippen LogP contribution < -0.4 is 11.1 Å². The number of rotatable bonds is 4. The summed E-state index contributed by atoms with van der Waals surface area (Å²) in [5, 5.41) is 3.21. The fraction of sp³-hybridized carbons (Fsp3) is 0.917. The van der Waals surface area contributed by atoms with E-state index in [1.54, 1.807) is 0 Å². The Kier molecular flexibility index (Phi) is 3.01. The molecule has 2 saturated carbocycles. The van der Waals surface area contributed by atoms with Crippen LogP contribution in [0.15, 0.2) is 0 Å². The molecule has 2 rings (SSSR count). The van der Waals surface area contributed by atoms with Gasteiger partial charge in [-0.3, -0.25) is 4.79 Å². The van der Waals surface area contributed by atoms with Gasteiger partial charge in [0, 0.05) is 11.5 Å². The lowest BCUT2D eigenvalue weighted by molar-refractivity contribution is -0.127. The normalized spacial score (nSPS) is 32.7. The SMILES string of the molecule is CCC1(C(=O)NC2CCCC2CN)CC1. The molecule has 86 valence electrons. The Hall–Kier alpha value is -0.570. The Balaban J connectivity index is 1.88. The van der Waals surface area contributed by atoms with Crippen molar-refractivity contribution in [3.8, 4) is 0 Å². The van der Waals surface area contributed by atoms with Gasteiger partial charge in [0.1, 0.15) is 0 Å². The van der Waals surface area contributed by atoms with Crippen molar-refractivity contribution < 1.29 is 4.79 Å². The summed E-state index contributed by atoms with van der Waals surface area (Å²) in [6.07, 6.45) is 6.66. The number of carbonyl (C=O) groups is 1. The molecule has 2 aliphatic carbocycles. The number of hydrogen-bond acceptors (Lipinski definition) is 2. The van der Waals surface area contributed by atoms with Gasteiger partial charge in [-0.1, -0.05) is 13.3 Å². The van der Waals surface area contributed by atoms with Crippen molar-refractivity contribution in [2.24, 2.45) is 17.1 Å². The number of nitrogens with one attached hydrogen (secondary N) is 1. The molecule has 3 nitrogen and oxygen atoms in total. The molecule has 3 N–H and O–H groups in total. The lowest BCUT2D eigenvalue weighted by Crippen LogP contribution is -2.43. The van der Waals surface area contributed by atoms with Crippen LogP contribution in [0, 0.1) is 11.3 Å². The van der Waals surface area contributed by atoms with E-state index in [4.69, 9.17) is 5.73 Å². The minimum atomic E-state index is 0.00172. The molecule has 1 amide bonds. The van der Waals surface area contributed by atoms with Gasteiger partial charge < -0.3 is 11.1 Å². The largest absolute Gasteiger partial charge is 0.353 e. The Morgan fingerprint density at radius 1 is 1.47 bits per heavy atom. The first-order valence-electron chi connectivity index (χ1n) is 6.23. The van der Waals surface area contributed by atoms with E-state index in [1.165, 1.54) is 12.8 Å². The Morgan fingerprint density at radius 2 is 2.20 bits per heavy atom. The summed E-state index contributed by atoms with van der Waals surface area (Å²) in [6.45, 7) is 2.83. The van der Waals surface area contributed by atoms with Crippen molar-refractivity contribution in [1.82, 2.24) is 5.32 Å². The summed E-state index contributed by atoms with van der Waals surface area (Å²) < 4.78 is 0. The maximum absolute atomic E-state index is 12.0. The maximum Gasteiger partial charge on any atom is 0.226 e. The van der Waals surface area contributed by atoms with Gasteiger partial charge in [0.15, 0.2) is 0 Å². The van der Waals surface area contributed by atoms with E-state index in [1.807, 2.05) is 0 Å². The standard InChI is InChI=1S/C12H22N2O/c1-2-12(6-7-12)11(15)14-10-5-3-4-9(10)8-13/h9-10H,2-8,13H2,1H3,(H,14,15). The number of amides is 1. The molecule has 0 bridgehead atoms. The van der Waals surface area contributed by atoms with E-state index in [9.17, 15) is 4.79 Å². The first-order valence-corrected chi connectivity index (χ1v) is 6.23. The fourth-order valence-electron chi connectivity index (χ4n) is 2.72. The third-order valence-corrected chi connectivity index (χ3v) is 4.29. The maximum atomic E-state index is 12.0. The van der Waals surface area contributed by atoms with E-state index in [0.717, 1.165) is 25.7 Å². The van der Waals surface area contributed by atoms with Crippen LogP contribution in [0.3, 0.4) is 0 Å². The minimum Gasteiger partial charge on any atom is -0.353 e. The lowest BCUT2D eigenvalue weighted by Gasteiger charge is -2.22. The van der Waals surface area contributed by atoms with Crippen LogP contribution in [0.4, 0.5) is 0 Å². The third kappa shape index (κ3) is 2.03.